The molecule has 0 atom stereocenters. The maximum atomic E-state index is 13.0. The van der Waals surface area contributed by atoms with Crippen molar-refractivity contribution in [3.05, 3.63) is 30.1 Å². The zero-order chi connectivity index (χ0) is 16.4. The average Bonchev–Trinajstić information content (AvgIpc) is 2.85. The fraction of sp³-hybridized carbons (Fsp3) is 0.529. The van der Waals surface area contributed by atoms with Crippen molar-refractivity contribution in [2.45, 2.75) is 38.2 Å². The number of amides is 1. The summed E-state index contributed by atoms with van der Waals surface area (Å²) in [7, 11) is 0. The molecule has 0 radical (unpaired) electrons. The molecule has 6 heteroatoms. The van der Waals surface area contributed by atoms with E-state index in [-0.39, 0.29) is 17.7 Å². The molecule has 2 aliphatic rings. The van der Waals surface area contributed by atoms with E-state index in [1.807, 2.05) is 0 Å². The normalized spacial score (nSPS) is 27.1. The highest BCUT2D eigenvalue weighted by molar-refractivity contribution is 5.90. The van der Waals surface area contributed by atoms with Crippen LogP contribution in [-0.2, 0) is 14.3 Å². The van der Waals surface area contributed by atoms with Crippen LogP contribution in [0.2, 0.25) is 0 Å². The van der Waals surface area contributed by atoms with Gasteiger partial charge < -0.3 is 9.47 Å². The van der Waals surface area contributed by atoms with E-state index in [1.165, 1.54) is 17.0 Å². The van der Waals surface area contributed by atoms with Gasteiger partial charge in [0.2, 0.25) is 0 Å². The molecular formula is C17H20FNO4. The Balaban J connectivity index is 1.66. The summed E-state index contributed by atoms with van der Waals surface area (Å²) in [5.41, 5.74) is 0.0786. The molecule has 0 N–H and O–H groups in total. The zero-order valence-corrected chi connectivity index (χ0v) is 13.1. The van der Waals surface area contributed by atoms with Crippen molar-refractivity contribution in [3.63, 3.8) is 0 Å². The maximum Gasteiger partial charge on any atom is 0.415 e. The summed E-state index contributed by atoms with van der Waals surface area (Å²) in [5, 5.41) is 0. The minimum Gasteiger partial charge on any atom is -0.466 e. The number of anilines is 1. The molecule has 1 heterocycles. The lowest BCUT2D eigenvalue weighted by molar-refractivity contribution is -0.150. The van der Waals surface area contributed by atoms with Crippen LogP contribution in [-0.4, -0.2) is 30.8 Å². The van der Waals surface area contributed by atoms with Crippen LogP contribution >= 0.6 is 0 Å². The van der Waals surface area contributed by atoms with Crippen LogP contribution in [0.25, 0.3) is 0 Å². The fourth-order valence-electron chi connectivity index (χ4n) is 3.34. The summed E-state index contributed by atoms with van der Waals surface area (Å²) < 4.78 is 23.7. The van der Waals surface area contributed by atoms with Gasteiger partial charge in [-0.2, -0.15) is 0 Å². The molecule has 23 heavy (non-hydrogen) atoms. The number of esters is 1. The van der Waals surface area contributed by atoms with Gasteiger partial charge in [0, 0.05) is 5.69 Å². The van der Waals surface area contributed by atoms with Crippen LogP contribution in [0.15, 0.2) is 24.3 Å². The molecule has 1 spiro atoms. The Labute approximate surface area is 134 Å². The fourth-order valence-corrected chi connectivity index (χ4v) is 3.34. The van der Waals surface area contributed by atoms with Crippen LogP contribution in [0.3, 0.4) is 0 Å². The molecule has 1 saturated carbocycles. The van der Waals surface area contributed by atoms with Crippen LogP contribution in [0.4, 0.5) is 14.9 Å². The van der Waals surface area contributed by atoms with E-state index in [0.717, 1.165) is 0 Å². The molecule has 1 aromatic rings. The van der Waals surface area contributed by atoms with Crippen LogP contribution in [0.1, 0.15) is 32.6 Å². The van der Waals surface area contributed by atoms with E-state index in [9.17, 15) is 14.0 Å². The van der Waals surface area contributed by atoms with Gasteiger partial charge in [0.1, 0.15) is 11.4 Å². The second kappa shape index (κ2) is 6.18. The monoisotopic (exact) mass is 321 g/mol. The molecule has 0 bridgehead atoms. The highest BCUT2D eigenvalue weighted by Crippen LogP contribution is 2.41. The lowest BCUT2D eigenvalue weighted by Gasteiger charge is -2.34. The van der Waals surface area contributed by atoms with Crippen molar-refractivity contribution in [2.75, 3.05) is 18.1 Å². The third kappa shape index (κ3) is 3.16. The first-order valence-electron chi connectivity index (χ1n) is 7.96. The second-order valence-corrected chi connectivity index (χ2v) is 6.14. The number of ether oxygens (including phenoxy) is 2. The predicted molar refractivity (Wildman–Crippen MR) is 81.5 cm³/mol. The third-order valence-electron chi connectivity index (χ3n) is 4.63. The van der Waals surface area contributed by atoms with Gasteiger partial charge in [0.25, 0.3) is 0 Å². The minimum absolute atomic E-state index is 0.112. The van der Waals surface area contributed by atoms with Gasteiger partial charge in [-0.1, -0.05) is 0 Å². The first-order valence-corrected chi connectivity index (χ1v) is 7.96. The molecule has 0 aromatic heterocycles. The Morgan fingerprint density at radius 2 is 2.00 bits per heavy atom. The zero-order valence-electron chi connectivity index (χ0n) is 13.1. The number of carbonyl (C=O) groups excluding carboxylic acids is 2. The summed E-state index contributed by atoms with van der Waals surface area (Å²) in [4.78, 5) is 25.5. The lowest BCUT2D eigenvalue weighted by Crippen LogP contribution is -2.40. The first-order chi connectivity index (χ1) is 11.0. The van der Waals surface area contributed by atoms with E-state index in [0.29, 0.717) is 44.5 Å². The average molecular weight is 321 g/mol. The molecule has 2 fully saturated rings. The number of rotatable bonds is 3. The van der Waals surface area contributed by atoms with E-state index < -0.39 is 11.7 Å². The van der Waals surface area contributed by atoms with Crippen molar-refractivity contribution < 1.29 is 23.5 Å². The SMILES string of the molecule is CCOC(=O)C1CCC2(CC1)CN(c1ccc(F)cc1)C(=O)O2. The number of hydrogen-bond acceptors (Lipinski definition) is 4. The lowest BCUT2D eigenvalue weighted by atomic mass is 9.78. The summed E-state index contributed by atoms with van der Waals surface area (Å²) in [6.45, 7) is 2.61. The summed E-state index contributed by atoms with van der Waals surface area (Å²) >= 11 is 0. The van der Waals surface area contributed by atoms with E-state index in [1.54, 1.807) is 19.1 Å². The van der Waals surface area contributed by atoms with Gasteiger partial charge in [-0.05, 0) is 56.9 Å². The molecule has 1 aromatic carbocycles. The second-order valence-electron chi connectivity index (χ2n) is 6.14. The van der Waals surface area contributed by atoms with Crippen LogP contribution < -0.4 is 4.90 Å². The molecule has 5 nitrogen and oxygen atoms in total. The largest absolute Gasteiger partial charge is 0.466 e. The van der Waals surface area contributed by atoms with Crippen molar-refractivity contribution in [1.82, 2.24) is 0 Å². The van der Waals surface area contributed by atoms with Crippen LogP contribution in [0, 0.1) is 11.7 Å². The summed E-state index contributed by atoms with van der Waals surface area (Å²) in [5.74, 6) is -0.618. The molecule has 3 rings (SSSR count). The van der Waals surface area contributed by atoms with Gasteiger partial charge >= 0.3 is 12.1 Å². The van der Waals surface area contributed by atoms with Gasteiger partial charge in [0.15, 0.2) is 0 Å². The van der Waals surface area contributed by atoms with Gasteiger partial charge in [-0.3, -0.25) is 9.69 Å². The molecule has 0 unspecified atom stereocenters. The first kappa shape index (κ1) is 15.8. The molecule has 1 amide bonds. The quantitative estimate of drug-likeness (QED) is 0.802. The Morgan fingerprint density at radius 3 is 2.61 bits per heavy atom. The maximum absolute atomic E-state index is 13.0. The molecule has 1 aliphatic heterocycles. The number of halogens is 1. The van der Waals surface area contributed by atoms with E-state index in [2.05, 4.69) is 0 Å². The number of benzene rings is 1. The van der Waals surface area contributed by atoms with E-state index >= 15 is 0 Å². The highest BCUT2D eigenvalue weighted by Gasteiger charge is 2.48. The van der Waals surface area contributed by atoms with Crippen molar-refractivity contribution in [2.24, 2.45) is 5.92 Å². The molecule has 124 valence electrons. The van der Waals surface area contributed by atoms with Crippen molar-refractivity contribution in [3.8, 4) is 0 Å². The minimum atomic E-state index is -0.547. The van der Waals surface area contributed by atoms with Crippen LogP contribution in [0.5, 0.6) is 0 Å². The number of hydrogen-bond donors (Lipinski definition) is 0. The molecule has 1 aliphatic carbocycles. The number of nitrogens with zero attached hydrogens (tertiary/aromatic N) is 1. The summed E-state index contributed by atoms with van der Waals surface area (Å²) in [6.07, 6.45) is 2.18. The Bertz CT molecular complexity index is 593. The van der Waals surface area contributed by atoms with Crippen molar-refractivity contribution in [1.29, 1.82) is 0 Å². The van der Waals surface area contributed by atoms with E-state index in [4.69, 9.17) is 9.47 Å². The molecule has 1 saturated heterocycles. The highest BCUT2D eigenvalue weighted by atomic mass is 19.1. The van der Waals surface area contributed by atoms with Crippen molar-refractivity contribution >= 4 is 17.7 Å². The number of carbonyl (C=O) groups is 2. The Kier molecular flexibility index (Phi) is 4.24. The summed E-state index contributed by atoms with van der Waals surface area (Å²) in [6, 6.07) is 5.79. The van der Waals surface area contributed by atoms with Gasteiger partial charge in [-0.15, -0.1) is 0 Å². The predicted octanol–water partition coefficient (Wildman–Crippen LogP) is 3.27. The Hall–Kier alpha value is -2.11. The molecular weight excluding hydrogens is 301 g/mol. The smallest absolute Gasteiger partial charge is 0.415 e. The van der Waals surface area contributed by atoms with Gasteiger partial charge in [0.05, 0.1) is 19.1 Å². The standard InChI is InChI=1S/C17H20FNO4/c1-2-22-15(20)12-7-9-17(10-8-12)11-19(16(21)23-17)14-5-3-13(18)4-6-14/h3-6,12H,2,7-11H2,1H3. The third-order valence-corrected chi connectivity index (χ3v) is 4.63. The van der Waals surface area contributed by atoms with Gasteiger partial charge in [-0.25, -0.2) is 9.18 Å². The topological polar surface area (TPSA) is 55.8 Å². The Morgan fingerprint density at radius 1 is 1.35 bits per heavy atom.